The van der Waals surface area contributed by atoms with Crippen LogP contribution in [0.3, 0.4) is 0 Å². The topological polar surface area (TPSA) is 67.6 Å². The number of hydrogen-bond acceptors (Lipinski definition) is 4. The van der Waals surface area contributed by atoms with Crippen LogP contribution in [-0.4, -0.2) is 56.7 Å². The summed E-state index contributed by atoms with van der Waals surface area (Å²) in [6, 6.07) is -0.497. The van der Waals surface area contributed by atoms with E-state index in [4.69, 9.17) is 10.5 Å². The predicted molar refractivity (Wildman–Crippen MR) is 79.0 cm³/mol. The second-order valence-corrected chi connectivity index (χ2v) is 6.26. The summed E-state index contributed by atoms with van der Waals surface area (Å²) in [4.78, 5) is 14.0. The highest BCUT2D eigenvalue weighted by molar-refractivity contribution is 5.82. The predicted octanol–water partition coefficient (Wildman–Crippen LogP) is 0.833. The van der Waals surface area contributed by atoms with Crippen LogP contribution in [0.1, 0.15) is 34.1 Å². The van der Waals surface area contributed by atoms with Gasteiger partial charge in [0.15, 0.2) is 0 Å². The molecule has 0 saturated heterocycles. The van der Waals surface area contributed by atoms with Gasteiger partial charge >= 0.3 is 0 Å². The Balaban J connectivity index is 4.20. The Morgan fingerprint density at radius 2 is 1.95 bits per heavy atom. The van der Waals surface area contributed by atoms with Gasteiger partial charge in [-0.25, -0.2) is 0 Å². The van der Waals surface area contributed by atoms with Gasteiger partial charge in [-0.05, 0) is 32.9 Å². The fraction of sp³-hybridized carbons (Fsp3) is 0.929. The first kappa shape index (κ1) is 18.4. The summed E-state index contributed by atoms with van der Waals surface area (Å²) < 4.78 is 5.63. The summed E-state index contributed by atoms with van der Waals surface area (Å²) in [7, 11) is 4.05. The van der Waals surface area contributed by atoms with E-state index in [0.717, 1.165) is 13.0 Å². The average Bonchev–Trinajstić information content (AvgIpc) is 2.29. The van der Waals surface area contributed by atoms with Crippen LogP contribution in [0.4, 0.5) is 0 Å². The van der Waals surface area contributed by atoms with Gasteiger partial charge in [0.25, 0.3) is 0 Å². The van der Waals surface area contributed by atoms with Gasteiger partial charge in [0, 0.05) is 19.7 Å². The van der Waals surface area contributed by atoms with Crippen LogP contribution in [0.2, 0.25) is 0 Å². The fourth-order valence-corrected chi connectivity index (χ4v) is 1.60. The van der Waals surface area contributed by atoms with Crippen molar-refractivity contribution in [3.8, 4) is 0 Å². The molecule has 0 aliphatic carbocycles. The lowest BCUT2D eigenvalue weighted by Crippen LogP contribution is -2.50. The molecule has 0 bridgehead atoms. The molecule has 114 valence electrons. The molecular formula is C14H31N3O2. The maximum atomic E-state index is 11.9. The van der Waals surface area contributed by atoms with E-state index < -0.39 is 6.04 Å². The average molecular weight is 273 g/mol. The second kappa shape index (κ2) is 8.51. The third kappa shape index (κ3) is 8.18. The van der Waals surface area contributed by atoms with Crippen molar-refractivity contribution in [2.24, 2.45) is 11.1 Å². The number of carbonyl (C=O) groups excluding carboxylic acids is 1. The number of hydrogen-bond donors (Lipinski definition) is 2. The summed E-state index contributed by atoms with van der Waals surface area (Å²) in [5.74, 6) is -0.109. The van der Waals surface area contributed by atoms with Crippen LogP contribution in [0, 0.1) is 5.41 Å². The van der Waals surface area contributed by atoms with Gasteiger partial charge in [0.1, 0.15) is 0 Å². The van der Waals surface area contributed by atoms with Crippen molar-refractivity contribution in [2.45, 2.75) is 46.3 Å². The number of nitrogens with zero attached hydrogens (tertiary/aromatic N) is 1. The van der Waals surface area contributed by atoms with Gasteiger partial charge in [-0.15, -0.1) is 0 Å². The first-order chi connectivity index (χ1) is 8.68. The molecule has 1 unspecified atom stereocenters. The Kier molecular flexibility index (Phi) is 8.22. The normalized spacial score (nSPS) is 15.4. The first-order valence-electron chi connectivity index (χ1n) is 6.98. The smallest absolute Gasteiger partial charge is 0.237 e. The van der Waals surface area contributed by atoms with Crippen molar-refractivity contribution in [3.63, 3.8) is 0 Å². The minimum Gasteiger partial charge on any atom is -0.377 e. The number of rotatable bonds is 8. The summed E-state index contributed by atoms with van der Waals surface area (Å²) in [5, 5.41) is 2.89. The van der Waals surface area contributed by atoms with E-state index in [0.29, 0.717) is 13.2 Å². The lowest BCUT2D eigenvalue weighted by Gasteiger charge is -2.27. The van der Waals surface area contributed by atoms with Crippen LogP contribution >= 0.6 is 0 Å². The molecule has 0 aromatic carbocycles. The van der Waals surface area contributed by atoms with Crippen LogP contribution in [0.5, 0.6) is 0 Å². The molecule has 0 aromatic heterocycles. The van der Waals surface area contributed by atoms with E-state index in [2.05, 4.69) is 10.2 Å². The minimum atomic E-state index is -0.497. The zero-order valence-electron chi connectivity index (χ0n) is 13.3. The Morgan fingerprint density at radius 1 is 1.37 bits per heavy atom. The molecule has 3 N–H and O–H groups in total. The summed E-state index contributed by atoms with van der Waals surface area (Å²) >= 11 is 0. The van der Waals surface area contributed by atoms with Gasteiger partial charge in [-0.3, -0.25) is 4.79 Å². The maximum Gasteiger partial charge on any atom is 0.237 e. The molecule has 2 atom stereocenters. The number of carbonyl (C=O) groups is 1. The number of ether oxygens (including phenoxy) is 1. The Hall–Kier alpha value is -0.650. The van der Waals surface area contributed by atoms with Crippen molar-refractivity contribution in [1.82, 2.24) is 10.2 Å². The summed E-state index contributed by atoms with van der Waals surface area (Å²) in [5.41, 5.74) is 5.69. The van der Waals surface area contributed by atoms with Crippen molar-refractivity contribution < 1.29 is 9.53 Å². The molecule has 0 rings (SSSR count). The maximum absolute atomic E-state index is 11.9. The number of amides is 1. The second-order valence-electron chi connectivity index (χ2n) is 6.26. The molecule has 0 fully saturated rings. The Bertz CT molecular complexity index is 262. The monoisotopic (exact) mass is 273 g/mol. The van der Waals surface area contributed by atoms with Crippen LogP contribution in [-0.2, 0) is 9.53 Å². The highest BCUT2D eigenvalue weighted by Crippen LogP contribution is 2.17. The third-order valence-electron chi connectivity index (χ3n) is 3.02. The van der Waals surface area contributed by atoms with Crippen LogP contribution < -0.4 is 11.1 Å². The number of nitrogens with two attached hydrogens (primary N) is 1. The van der Waals surface area contributed by atoms with Crippen molar-refractivity contribution in [2.75, 3.05) is 33.8 Å². The number of nitrogens with one attached hydrogen (secondary N) is 1. The standard InChI is InChI=1S/C14H31N3O2/c1-7-19-11(8-9-17(5)6)10-16-13(18)12(15)14(2,3)4/h11-12H,7-10,15H2,1-6H3,(H,16,18)/t11?,12-/m1/s1. The van der Waals surface area contributed by atoms with Gasteiger partial charge in [0.05, 0.1) is 12.1 Å². The molecule has 0 aromatic rings. The van der Waals surface area contributed by atoms with Crippen molar-refractivity contribution in [3.05, 3.63) is 0 Å². The van der Waals surface area contributed by atoms with Crippen LogP contribution in [0.25, 0.3) is 0 Å². The highest BCUT2D eigenvalue weighted by atomic mass is 16.5. The molecule has 0 radical (unpaired) electrons. The van der Waals surface area contributed by atoms with E-state index in [1.54, 1.807) is 0 Å². The quantitative estimate of drug-likeness (QED) is 0.687. The van der Waals surface area contributed by atoms with E-state index >= 15 is 0 Å². The van der Waals surface area contributed by atoms with E-state index in [9.17, 15) is 4.79 Å². The summed E-state index contributed by atoms with van der Waals surface area (Å²) in [6.07, 6.45) is 0.940. The van der Waals surface area contributed by atoms with Crippen molar-refractivity contribution >= 4 is 5.91 Å². The highest BCUT2D eigenvalue weighted by Gasteiger charge is 2.27. The van der Waals surface area contributed by atoms with Crippen LogP contribution in [0.15, 0.2) is 0 Å². The van der Waals surface area contributed by atoms with E-state index in [-0.39, 0.29) is 17.4 Å². The molecule has 0 aliphatic rings. The fourth-order valence-electron chi connectivity index (χ4n) is 1.60. The lowest BCUT2D eigenvalue weighted by molar-refractivity contribution is -0.125. The van der Waals surface area contributed by atoms with E-state index in [1.807, 2.05) is 41.8 Å². The van der Waals surface area contributed by atoms with E-state index in [1.165, 1.54) is 0 Å². The third-order valence-corrected chi connectivity index (χ3v) is 3.02. The lowest BCUT2D eigenvalue weighted by atomic mass is 9.87. The molecule has 0 spiro atoms. The van der Waals surface area contributed by atoms with Gasteiger partial charge in [0.2, 0.25) is 5.91 Å². The molecule has 1 amide bonds. The SMILES string of the molecule is CCOC(CCN(C)C)CNC(=O)[C@@H](N)C(C)(C)C. The molecule has 0 heterocycles. The summed E-state index contributed by atoms with van der Waals surface area (Å²) in [6.45, 7) is 9.96. The molecule has 5 nitrogen and oxygen atoms in total. The molecule has 0 saturated carbocycles. The zero-order chi connectivity index (χ0) is 15.1. The Morgan fingerprint density at radius 3 is 2.37 bits per heavy atom. The first-order valence-corrected chi connectivity index (χ1v) is 6.98. The van der Waals surface area contributed by atoms with Gasteiger partial charge < -0.3 is 20.7 Å². The molecule has 0 aliphatic heterocycles. The molecular weight excluding hydrogens is 242 g/mol. The Labute approximate surface area is 117 Å². The van der Waals surface area contributed by atoms with Gasteiger partial charge in [-0.2, -0.15) is 0 Å². The zero-order valence-corrected chi connectivity index (χ0v) is 13.3. The minimum absolute atomic E-state index is 0.0449. The molecule has 5 heteroatoms. The largest absolute Gasteiger partial charge is 0.377 e. The molecule has 19 heavy (non-hydrogen) atoms. The van der Waals surface area contributed by atoms with Gasteiger partial charge in [-0.1, -0.05) is 20.8 Å². The van der Waals surface area contributed by atoms with Crippen molar-refractivity contribution in [1.29, 1.82) is 0 Å².